The van der Waals surface area contributed by atoms with Crippen LogP contribution in [0.5, 0.6) is 0 Å². The fourth-order valence-electron chi connectivity index (χ4n) is 3.68. The van der Waals surface area contributed by atoms with Crippen LogP contribution in [-0.2, 0) is 9.47 Å². The molecular weight excluding hydrogens is 302 g/mol. The molecule has 1 saturated carbocycles. The van der Waals surface area contributed by atoms with Crippen LogP contribution in [0.1, 0.15) is 58.8 Å². The molecule has 1 heterocycles. The second-order valence-electron chi connectivity index (χ2n) is 7.34. The fraction of sp³-hybridized carbons (Fsp3) is 0.947. The van der Waals surface area contributed by atoms with Gasteiger partial charge >= 0.3 is 0 Å². The highest BCUT2D eigenvalue weighted by atomic mass is 16.5. The van der Waals surface area contributed by atoms with Gasteiger partial charge in [-0.15, -0.1) is 0 Å². The molecular formula is C19H37N3O2. The van der Waals surface area contributed by atoms with Crippen LogP contribution >= 0.6 is 0 Å². The van der Waals surface area contributed by atoms with Gasteiger partial charge in [0.1, 0.15) is 0 Å². The quantitative estimate of drug-likeness (QED) is 0.365. The maximum Gasteiger partial charge on any atom is 0.191 e. The summed E-state index contributed by atoms with van der Waals surface area (Å²) in [4.78, 5) is 4.86. The summed E-state index contributed by atoms with van der Waals surface area (Å²) < 4.78 is 11.1. The van der Waals surface area contributed by atoms with E-state index in [1.54, 1.807) is 0 Å². The summed E-state index contributed by atoms with van der Waals surface area (Å²) in [5.41, 5.74) is 0.453. The molecule has 1 aliphatic heterocycles. The Hall–Kier alpha value is -0.810. The third-order valence-electron chi connectivity index (χ3n) is 5.47. The van der Waals surface area contributed by atoms with Gasteiger partial charge in [-0.1, -0.05) is 19.8 Å². The number of rotatable bonds is 10. The standard InChI is InChI=1S/C19H37N3O2/c1-3-19(9-5-6-10-19)16-22-18(20-4-2)21-11-7-12-23-14-17-8-13-24-15-17/h17H,3-16H2,1-2H3,(H2,20,21,22). The summed E-state index contributed by atoms with van der Waals surface area (Å²) in [5, 5.41) is 6.81. The molecule has 0 spiro atoms. The van der Waals surface area contributed by atoms with E-state index in [1.165, 1.54) is 32.1 Å². The van der Waals surface area contributed by atoms with Crippen molar-refractivity contribution in [3.8, 4) is 0 Å². The van der Waals surface area contributed by atoms with E-state index in [2.05, 4.69) is 24.5 Å². The fourth-order valence-corrected chi connectivity index (χ4v) is 3.68. The predicted molar refractivity (Wildman–Crippen MR) is 99.5 cm³/mol. The summed E-state index contributed by atoms with van der Waals surface area (Å²) in [6, 6.07) is 0. The highest BCUT2D eigenvalue weighted by Gasteiger charge is 2.31. The van der Waals surface area contributed by atoms with E-state index >= 15 is 0 Å². The first-order valence-corrected chi connectivity index (χ1v) is 9.95. The Bertz CT molecular complexity index is 362. The second-order valence-corrected chi connectivity index (χ2v) is 7.34. The number of ether oxygens (including phenoxy) is 2. The summed E-state index contributed by atoms with van der Waals surface area (Å²) in [5.74, 6) is 1.56. The van der Waals surface area contributed by atoms with E-state index in [4.69, 9.17) is 14.5 Å². The average Bonchev–Trinajstić information content (AvgIpc) is 3.27. The van der Waals surface area contributed by atoms with E-state index in [0.717, 1.165) is 64.9 Å². The molecule has 0 bridgehead atoms. The van der Waals surface area contributed by atoms with Gasteiger partial charge in [0.05, 0.1) is 13.2 Å². The molecule has 0 aromatic carbocycles. The minimum absolute atomic E-state index is 0.453. The third kappa shape index (κ3) is 6.60. The Labute approximate surface area is 148 Å². The van der Waals surface area contributed by atoms with E-state index in [-0.39, 0.29) is 0 Å². The molecule has 2 N–H and O–H groups in total. The summed E-state index contributed by atoms with van der Waals surface area (Å²) in [6.45, 7) is 10.6. The molecule has 5 nitrogen and oxygen atoms in total. The first kappa shape index (κ1) is 19.5. The topological polar surface area (TPSA) is 54.9 Å². The molecule has 1 unspecified atom stereocenters. The van der Waals surface area contributed by atoms with Gasteiger partial charge in [-0.05, 0) is 44.4 Å². The van der Waals surface area contributed by atoms with Gasteiger partial charge in [0, 0.05) is 38.8 Å². The van der Waals surface area contributed by atoms with E-state index in [9.17, 15) is 0 Å². The maximum absolute atomic E-state index is 5.75. The van der Waals surface area contributed by atoms with E-state index in [1.807, 2.05) is 0 Å². The zero-order valence-corrected chi connectivity index (χ0v) is 15.7. The molecule has 140 valence electrons. The lowest BCUT2D eigenvalue weighted by Crippen LogP contribution is -2.39. The monoisotopic (exact) mass is 339 g/mol. The van der Waals surface area contributed by atoms with Gasteiger partial charge in [0.15, 0.2) is 5.96 Å². The molecule has 1 aliphatic carbocycles. The molecule has 1 saturated heterocycles. The third-order valence-corrected chi connectivity index (χ3v) is 5.47. The summed E-state index contributed by atoms with van der Waals surface area (Å²) in [6.07, 6.45) is 8.82. The second kappa shape index (κ2) is 10.9. The van der Waals surface area contributed by atoms with Crippen molar-refractivity contribution in [3.63, 3.8) is 0 Å². The number of nitrogens with one attached hydrogen (secondary N) is 2. The lowest BCUT2D eigenvalue weighted by atomic mass is 9.84. The zero-order valence-electron chi connectivity index (χ0n) is 15.7. The van der Waals surface area contributed by atoms with Gasteiger partial charge in [-0.2, -0.15) is 0 Å². The molecule has 24 heavy (non-hydrogen) atoms. The van der Waals surface area contributed by atoms with Crippen LogP contribution in [0.15, 0.2) is 4.99 Å². The lowest BCUT2D eigenvalue weighted by Gasteiger charge is -2.25. The van der Waals surface area contributed by atoms with Crippen LogP contribution in [0.4, 0.5) is 0 Å². The Morgan fingerprint density at radius 2 is 2.08 bits per heavy atom. The number of hydrogen-bond acceptors (Lipinski definition) is 3. The van der Waals surface area contributed by atoms with Gasteiger partial charge in [0.25, 0.3) is 0 Å². The smallest absolute Gasteiger partial charge is 0.191 e. The van der Waals surface area contributed by atoms with Crippen LogP contribution in [0, 0.1) is 11.3 Å². The summed E-state index contributed by atoms with van der Waals surface area (Å²) in [7, 11) is 0. The highest BCUT2D eigenvalue weighted by molar-refractivity contribution is 5.79. The number of hydrogen-bond donors (Lipinski definition) is 2. The summed E-state index contributed by atoms with van der Waals surface area (Å²) >= 11 is 0. The van der Waals surface area contributed by atoms with Crippen molar-refractivity contribution in [2.24, 2.45) is 16.3 Å². The molecule has 0 radical (unpaired) electrons. The molecule has 2 rings (SSSR count). The van der Waals surface area contributed by atoms with Crippen LogP contribution in [0.25, 0.3) is 0 Å². The minimum Gasteiger partial charge on any atom is -0.381 e. The zero-order chi connectivity index (χ0) is 17.1. The average molecular weight is 340 g/mol. The highest BCUT2D eigenvalue weighted by Crippen LogP contribution is 2.41. The number of nitrogens with zero attached hydrogens (tertiary/aromatic N) is 1. The van der Waals surface area contributed by atoms with Crippen molar-refractivity contribution in [3.05, 3.63) is 0 Å². The van der Waals surface area contributed by atoms with Gasteiger partial charge in [-0.25, -0.2) is 0 Å². The lowest BCUT2D eigenvalue weighted by molar-refractivity contribution is 0.0888. The van der Waals surface area contributed by atoms with E-state index < -0.39 is 0 Å². The Morgan fingerprint density at radius 3 is 2.75 bits per heavy atom. The van der Waals surface area contributed by atoms with Crippen molar-refractivity contribution < 1.29 is 9.47 Å². The van der Waals surface area contributed by atoms with Crippen LogP contribution in [0.2, 0.25) is 0 Å². The van der Waals surface area contributed by atoms with Gasteiger partial charge in [0.2, 0.25) is 0 Å². The molecule has 0 aromatic rings. The molecule has 5 heteroatoms. The van der Waals surface area contributed by atoms with Crippen LogP contribution in [0.3, 0.4) is 0 Å². The Balaban J connectivity index is 1.61. The van der Waals surface area contributed by atoms with E-state index in [0.29, 0.717) is 11.3 Å². The van der Waals surface area contributed by atoms with Gasteiger partial charge in [-0.3, -0.25) is 4.99 Å². The molecule has 1 atom stereocenters. The number of aliphatic imine (C=N–C) groups is 1. The van der Waals surface area contributed by atoms with Crippen molar-refractivity contribution in [1.82, 2.24) is 10.6 Å². The normalized spacial score (nSPS) is 23.6. The Morgan fingerprint density at radius 1 is 1.25 bits per heavy atom. The minimum atomic E-state index is 0.453. The molecule has 0 aromatic heterocycles. The largest absolute Gasteiger partial charge is 0.381 e. The van der Waals surface area contributed by atoms with Crippen molar-refractivity contribution in [1.29, 1.82) is 0 Å². The number of guanidine groups is 1. The van der Waals surface area contributed by atoms with Crippen molar-refractivity contribution in [2.75, 3.05) is 46.1 Å². The van der Waals surface area contributed by atoms with Gasteiger partial charge < -0.3 is 20.1 Å². The first-order valence-electron chi connectivity index (χ1n) is 9.95. The SMILES string of the molecule is CCNC(=NCC1(CC)CCCC1)NCCCOCC1CCOC1. The maximum atomic E-state index is 5.75. The van der Waals surface area contributed by atoms with Crippen LogP contribution < -0.4 is 10.6 Å². The van der Waals surface area contributed by atoms with Crippen molar-refractivity contribution >= 4 is 5.96 Å². The molecule has 2 aliphatic rings. The Kier molecular flexibility index (Phi) is 8.89. The first-order chi connectivity index (χ1) is 11.8. The van der Waals surface area contributed by atoms with Crippen molar-refractivity contribution in [2.45, 2.75) is 58.8 Å². The van der Waals surface area contributed by atoms with Crippen LogP contribution in [-0.4, -0.2) is 52.0 Å². The molecule has 2 fully saturated rings. The molecule has 0 amide bonds. The predicted octanol–water partition coefficient (Wildman–Crippen LogP) is 2.96.